The minimum Gasteiger partial charge on any atom is -0.357 e. The summed E-state index contributed by atoms with van der Waals surface area (Å²) in [6.07, 6.45) is -3.80. The molecule has 0 saturated carbocycles. The summed E-state index contributed by atoms with van der Waals surface area (Å²) in [6.45, 7) is 1.54. The molecule has 0 heterocycles. The molecule has 0 bridgehead atoms. The molecule has 12 heteroatoms. The van der Waals surface area contributed by atoms with Gasteiger partial charge in [0, 0.05) is 31.0 Å². The minimum absolute atomic E-state index is 0.0411. The zero-order valence-corrected chi connectivity index (χ0v) is 21.9. The zero-order valence-electron chi connectivity index (χ0n) is 19.5. The summed E-state index contributed by atoms with van der Waals surface area (Å²) in [5.41, 5.74) is -0.320. The molecule has 1 N–H and O–H groups in total. The van der Waals surface area contributed by atoms with Gasteiger partial charge in [-0.3, -0.25) is 13.9 Å². The van der Waals surface area contributed by atoms with Crippen molar-refractivity contribution in [2.45, 2.75) is 38.5 Å². The molecule has 35 heavy (non-hydrogen) atoms. The molecule has 7 nitrogen and oxygen atoms in total. The van der Waals surface area contributed by atoms with Gasteiger partial charge in [0.2, 0.25) is 21.8 Å². The third-order valence-corrected chi connectivity index (χ3v) is 7.02. The lowest BCUT2D eigenvalue weighted by atomic mass is 10.1. The topological polar surface area (TPSA) is 86.8 Å². The normalized spacial score (nSPS) is 12.7. The number of carbonyl (C=O) groups excluding carboxylic acids is 2. The number of sulfonamides is 1. The highest BCUT2D eigenvalue weighted by Gasteiger charge is 2.32. The van der Waals surface area contributed by atoms with Crippen LogP contribution in [-0.4, -0.2) is 51.0 Å². The highest BCUT2D eigenvalue weighted by molar-refractivity contribution is 9.10. The van der Waals surface area contributed by atoms with E-state index < -0.39 is 27.8 Å². The van der Waals surface area contributed by atoms with E-state index in [1.54, 1.807) is 19.1 Å². The molecule has 0 aliphatic rings. The number of likely N-dealkylation sites (N-methyl/N-ethyl adjacent to an activating group) is 1. The first-order chi connectivity index (χ1) is 16.2. The van der Waals surface area contributed by atoms with E-state index in [0.29, 0.717) is 0 Å². The fourth-order valence-corrected chi connectivity index (χ4v) is 4.64. The van der Waals surface area contributed by atoms with Crippen LogP contribution in [0, 0.1) is 0 Å². The van der Waals surface area contributed by atoms with Crippen molar-refractivity contribution in [2.75, 3.05) is 24.2 Å². The van der Waals surface area contributed by atoms with Gasteiger partial charge in [0.05, 0.1) is 17.5 Å². The number of halogens is 4. The third kappa shape index (κ3) is 8.24. The molecule has 2 amide bonds. The van der Waals surface area contributed by atoms with Crippen LogP contribution in [0.3, 0.4) is 0 Å². The van der Waals surface area contributed by atoms with Gasteiger partial charge >= 0.3 is 6.18 Å². The van der Waals surface area contributed by atoms with Crippen LogP contribution < -0.4 is 9.62 Å². The number of nitrogens with one attached hydrogen (secondary N) is 1. The number of anilines is 1. The molecule has 0 aromatic heterocycles. The lowest BCUT2D eigenvalue weighted by molar-refractivity contribution is -0.140. The Hall–Kier alpha value is -2.60. The molecular formula is C23H27BrF3N3O4S. The predicted octanol–water partition coefficient (Wildman–Crippen LogP) is 4.18. The summed E-state index contributed by atoms with van der Waals surface area (Å²) >= 11 is 3.34. The Labute approximate surface area is 211 Å². The lowest BCUT2D eigenvalue weighted by Gasteiger charge is -2.29. The largest absolute Gasteiger partial charge is 0.416 e. The quantitative estimate of drug-likeness (QED) is 0.459. The number of carbonyl (C=O) groups is 2. The highest BCUT2D eigenvalue weighted by Crippen LogP contribution is 2.32. The predicted molar refractivity (Wildman–Crippen MR) is 131 cm³/mol. The number of amides is 2. The Balaban J connectivity index is 2.18. The minimum atomic E-state index is -4.63. The van der Waals surface area contributed by atoms with Gasteiger partial charge < -0.3 is 10.2 Å². The zero-order chi connectivity index (χ0) is 26.4. The van der Waals surface area contributed by atoms with E-state index in [9.17, 15) is 31.2 Å². The number of hydrogen-bond donors (Lipinski definition) is 1. The van der Waals surface area contributed by atoms with Gasteiger partial charge in [-0.05, 0) is 49.2 Å². The van der Waals surface area contributed by atoms with Crippen LogP contribution in [0.2, 0.25) is 0 Å². The van der Waals surface area contributed by atoms with E-state index in [1.165, 1.54) is 18.0 Å². The summed E-state index contributed by atoms with van der Waals surface area (Å²) in [6, 6.07) is 10.5. The van der Waals surface area contributed by atoms with Crippen molar-refractivity contribution in [2.24, 2.45) is 0 Å². The number of rotatable bonds is 10. The van der Waals surface area contributed by atoms with E-state index >= 15 is 0 Å². The van der Waals surface area contributed by atoms with Crippen molar-refractivity contribution in [3.63, 3.8) is 0 Å². The van der Waals surface area contributed by atoms with Gasteiger partial charge in [0.1, 0.15) is 6.04 Å². The van der Waals surface area contributed by atoms with Crippen molar-refractivity contribution in [3.05, 3.63) is 64.1 Å². The Kier molecular flexibility index (Phi) is 9.73. The summed E-state index contributed by atoms with van der Waals surface area (Å²) in [5, 5.41) is 2.51. The fraction of sp³-hybridized carbons (Fsp3) is 0.391. The average molecular weight is 578 g/mol. The SMILES string of the molecule is CNC(=O)[C@H](C)N(Cc1ccc(Br)cc1)C(=O)CCCN(c1cccc(C(F)(F)F)c1)S(C)(=O)=O. The molecule has 1 atom stereocenters. The lowest BCUT2D eigenvalue weighted by Crippen LogP contribution is -2.46. The van der Waals surface area contributed by atoms with Crippen LogP contribution in [0.1, 0.15) is 30.9 Å². The van der Waals surface area contributed by atoms with Crippen LogP contribution in [0.15, 0.2) is 53.0 Å². The fourth-order valence-electron chi connectivity index (χ4n) is 3.42. The number of hydrogen-bond acceptors (Lipinski definition) is 4. The molecule has 0 fully saturated rings. The first-order valence-corrected chi connectivity index (χ1v) is 13.3. The summed E-state index contributed by atoms with van der Waals surface area (Å²) in [7, 11) is -2.45. The second-order valence-electron chi connectivity index (χ2n) is 7.93. The third-order valence-electron chi connectivity index (χ3n) is 5.29. The smallest absolute Gasteiger partial charge is 0.357 e. The summed E-state index contributed by atoms with van der Waals surface area (Å²) in [5.74, 6) is -0.751. The van der Waals surface area contributed by atoms with Crippen molar-refractivity contribution in [1.29, 1.82) is 0 Å². The highest BCUT2D eigenvalue weighted by atomic mass is 79.9. The molecule has 0 spiro atoms. The molecule has 0 aliphatic carbocycles. The van der Waals surface area contributed by atoms with Crippen molar-refractivity contribution < 1.29 is 31.2 Å². The first-order valence-electron chi connectivity index (χ1n) is 10.6. The van der Waals surface area contributed by atoms with Crippen LogP contribution in [0.4, 0.5) is 18.9 Å². The van der Waals surface area contributed by atoms with E-state index in [-0.39, 0.29) is 43.4 Å². The van der Waals surface area contributed by atoms with E-state index in [1.807, 2.05) is 12.1 Å². The second kappa shape index (κ2) is 11.9. The van der Waals surface area contributed by atoms with Crippen LogP contribution in [0.5, 0.6) is 0 Å². The van der Waals surface area contributed by atoms with E-state index in [4.69, 9.17) is 0 Å². The molecule has 2 rings (SSSR count). The Morgan fingerprint density at radius 1 is 1.11 bits per heavy atom. The molecule has 2 aromatic rings. The molecule has 2 aromatic carbocycles. The number of nitrogens with zero attached hydrogens (tertiary/aromatic N) is 2. The summed E-state index contributed by atoms with van der Waals surface area (Å²) in [4.78, 5) is 26.7. The molecule has 192 valence electrons. The van der Waals surface area contributed by atoms with Crippen molar-refractivity contribution in [1.82, 2.24) is 10.2 Å². The molecule has 0 radical (unpaired) electrons. The Morgan fingerprint density at radius 2 is 1.74 bits per heavy atom. The summed E-state index contributed by atoms with van der Waals surface area (Å²) < 4.78 is 65.6. The van der Waals surface area contributed by atoms with Gasteiger partial charge in [-0.15, -0.1) is 0 Å². The number of alkyl halides is 3. The van der Waals surface area contributed by atoms with E-state index in [0.717, 1.165) is 38.8 Å². The van der Waals surface area contributed by atoms with E-state index in [2.05, 4.69) is 21.2 Å². The van der Waals surface area contributed by atoms with Gasteiger partial charge in [0.25, 0.3) is 0 Å². The maximum Gasteiger partial charge on any atom is 0.416 e. The first kappa shape index (κ1) is 28.6. The van der Waals surface area contributed by atoms with Gasteiger partial charge in [0.15, 0.2) is 0 Å². The number of benzene rings is 2. The van der Waals surface area contributed by atoms with Gasteiger partial charge in [-0.25, -0.2) is 8.42 Å². The van der Waals surface area contributed by atoms with Gasteiger partial charge in [-0.1, -0.05) is 34.1 Å². The Bertz CT molecular complexity index is 1140. The standard InChI is InChI=1S/C23H27BrF3N3O4S/c1-16(22(32)28-2)29(15-17-9-11-19(24)12-10-17)21(31)8-5-13-30(35(3,33)34)20-7-4-6-18(14-20)23(25,26)27/h4,6-7,9-12,14,16H,5,8,13,15H2,1-3H3,(H,28,32)/t16-/m0/s1. The van der Waals surface area contributed by atoms with Crippen LogP contribution in [0.25, 0.3) is 0 Å². The van der Waals surface area contributed by atoms with Gasteiger partial charge in [-0.2, -0.15) is 13.2 Å². The van der Waals surface area contributed by atoms with Crippen LogP contribution in [-0.2, 0) is 32.3 Å². The maximum atomic E-state index is 13.1. The Morgan fingerprint density at radius 3 is 2.29 bits per heavy atom. The molecule has 0 saturated heterocycles. The molecular weight excluding hydrogens is 551 g/mol. The maximum absolute atomic E-state index is 13.1. The average Bonchev–Trinajstić information content (AvgIpc) is 2.79. The second-order valence-corrected chi connectivity index (χ2v) is 10.7. The molecule has 0 aliphatic heterocycles. The molecule has 0 unspecified atom stereocenters. The van der Waals surface area contributed by atoms with Crippen LogP contribution >= 0.6 is 15.9 Å². The van der Waals surface area contributed by atoms with Crippen molar-refractivity contribution in [3.8, 4) is 0 Å². The monoisotopic (exact) mass is 577 g/mol. The van der Waals surface area contributed by atoms with Crippen molar-refractivity contribution >= 4 is 43.5 Å².